The van der Waals surface area contributed by atoms with Crippen molar-refractivity contribution in [2.24, 2.45) is 0 Å². The second-order valence-corrected chi connectivity index (χ2v) is 5.45. The van der Waals surface area contributed by atoms with Crippen molar-refractivity contribution < 1.29 is 14.7 Å². The summed E-state index contributed by atoms with van der Waals surface area (Å²) in [6.45, 7) is 0. The molecule has 1 heterocycles. The zero-order chi connectivity index (χ0) is 14.7. The van der Waals surface area contributed by atoms with Crippen LogP contribution in [0.25, 0.3) is 0 Å². The average Bonchev–Trinajstić information content (AvgIpc) is 2.87. The number of benzene rings is 1. The fourth-order valence-electron chi connectivity index (χ4n) is 1.67. The molecule has 1 unspecified atom stereocenters. The fraction of sp³-hybridized carbons (Fsp3) is 0.0769. The number of carboxylic acids is 1. The van der Waals surface area contributed by atoms with Crippen molar-refractivity contribution in [2.45, 2.75) is 6.04 Å². The molecule has 1 aromatic heterocycles. The van der Waals surface area contributed by atoms with Crippen LogP contribution in [-0.4, -0.2) is 17.0 Å². The molecular formula is C13H11ClN2O3S. The van der Waals surface area contributed by atoms with E-state index in [4.69, 9.17) is 17.3 Å². The highest BCUT2D eigenvalue weighted by Crippen LogP contribution is 2.21. The van der Waals surface area contributed by atoms with E-state index in [9.17, 15) is 14.7 Å². The molecule has 104 valence electrons. The summed E-state index contributed by atoms with van der Waals surface area (Å²) in [6, 6.07) is 6.65. The molecule has 4 N–H and O–H groups in total. The van der Waals surface area contributed by atoms with Gasteiger partial charge in [-0.1, -0.05) is 17.7 Å². The number of nitrogen functional groups attached to an aromatic ring is 1. The summed E-state index contributed by atoms with van der Waals surface area (Å²) in [5.74, 6) is -1.67. The third-order valence-corrected chi connectivity index (χ3v) is 3.69. The van der Waals surface area contributed by atoms with Gasteiger partial charge in [-0.2, -0.15) is 0 Å². The van der Waals surface area contributed by atoms with Gasteiger partial charge in [-0.15, -0.1) is 11.3 Å². The smallest absolute Gasteiger partial charge is 0.331 e. The van der Waals surface area contributed by atoms with Crippen molar-refractivity contribution in [1.82, 2.24) is 5.32 Å². The number of carbonyl (C=O) groups excluding carboxylic acids is 1. The second kappa shape index (κ2) is 5.94. The minimum Gasteiger partial charge on any atom is -0.479 e. The molecule has 2 rings (SSSR count). The van der Waals surface area contributed by atoms with E-state index in [0.717, 1.165) is 0 Å². The third kappa shape index (κ3) is 3.28. The van der Waals surface area contributed by atoms with Gasteiger partial charge in [0.25, 0.3) is 5.91 Å². The number of aliphatic carboxylic acids is 1. The predicted octanol–water partition coefficient (Wildman–Crippen LogP) is 2.54. The molecule has 0 bridgehead atoms. The van der Waals surface area contributed by atoms with Crippen LogP contribution in [0.2, 0.25) is 5.02 Å². The van der Waals surface area contributed by atoms with Gasteiger partial charge in [0.1, 0.15) is 0 Å². The lowest BCUT2D eigenvalue weighted by molar-refractivity contribution is -0.139. The molecule has 0 spiro atoms. The van der Waals surface area contributed by atoms with E-state index in [1.54, 1.807) is 17.5 Å². The molecule has 1 amide bonds. The summed E-state index contributed by atoms with van der Waals surface area (Å²) in [5, 5.41) is 13.7. The van der Waals surface area contributed by atoms with E-state index >= 15 is 0 Å². The van der Waals surface area contributed by atoms with Crippen molar-refractivity contribution in [3.63, 3.8) is 0 Å². The molecule has 0 fully saturated rings. The Morgan fingerprint density at radius 2 is 2.10 bits per heavy atom. The van der Waals surface area contributed by atoms with Crippen molar-refractivity contribution in [3.05, 3.63) is 51.2 Å². The maximum Gasteiger partial charge on any atom is 0.331 e. The van der Waals surface area contributed by atoms with E-state index in [0.29, 0.717) is 15.6 Å². The van der Waals surface area contributed by atoms with Gasteiger partial charge in [0, 0.05) is 21.2 Å². The van der Waals surface area contributed by atoms with Gasteiger partial charge in [0.2, 0.25) is 0 Å². The monoisotopic (exact) mass is 310 g/mol. The highest BCUT2D eigenvalue weighted by Gasteiger charge is 2.23. The van der Waals surface area contributed by atoms with Crippen LogP contribution in [0.3, 0.4) is 0 Å². The lowest BCUT2D eigenvalue weighted by Gasteiger charge is -2.13. The van der Waals surface area contributed by atoms with Gasteiger partial charge >= 0.3 is 5.97 Å². The third-order valence-electron chi connectivity index (χ3n) is 2.53. The lowest BCUT2D eigenvalue weighted by atomic mass is 10.1. The number of anilines is 1. The quantitative estimate of drug-likeness (QED) is 0.757. The van der Waals surface area contributed by atoms with E-state index in [2.05, 4.69) is 5.32 Å². The van der Waals surface area contributed by atoms with Crippen LogP contribution in [-0.2, 0) is 4.79 Å². The zero-order valence-corrected chi connectivity index (χ0v) is 11.7. The van der Waals surface area contributed by atoms with Crippen LogP contribution < -0.4 is 11.1 Å². The topological polar surface area (TPSA) is 92.4 Å². The number of nitrogens with two attached hydrogens (primary N) is 1. The Hall–Kier alpha value is -2.05. The van der Waals surface area contributed by atoms with Crippen LogP contribution in [0.15, 0.2) is 35.7 Å². The molecule has 1 atom stereocenters. The summed E-state index contributed by atoms with van der Waals surface area (Å²) >= 11 is 7.08. The van der Waals surface area contributed by atoms with Crippen LogP contribution in [0, 0.1) is 0 Å². The molecule has 2 aromatic rings. The summed E-state index contributed by atoms with van der Waals surface area (Å²) in [5.41, 5.74) is 6.16. The summed E-state index contributed by atoms with van der Waals surface area (Å²) in [4.78, 5) is 23.9. The molecule has 0 aliphatic rings. The highest BCUT2D eigenvalue weighted by atomic mass is 35.5. The molecule has 5 nitrogen and oxygen atoms in total. The largest absolute Gasteiger partial charge is 0.479 e. The average molecular weight is 311 g/mol. The Labute approximate surface area is 124 Å². The van der Waals surface area contributed by atoms with Crippen LogP contribution in [0.4, 0.5) is 5.69 Å². The number of thiophene rings is 1. The first-order valence-electron chi connectivity index (χ1n) is 5.60. The number of carbonyl (C=O) groups is 2. The van der Waals surface area contributed by atoms with Crippen molar-refractivity contribution in [1.29, 1.82) is 0 Å². The SMILES string of the molecule is Nc1cc(Cl)cc(C(=O)NC(C(=O)O)c2cccs2)c1. The molecule has 20 heavy (non-hydrogen) atoms. The van der Waals surface area contributed by atoms with E-state index < -0.39 is 17.9 Å². The first-order chi connectivity index (χ1) is 9.47. The van der Waals surface area contributed by atoms with Crippen molar-refractivity contribution >= 4 is 40.5 Å². The number of rotatable bonds is 4. The molecule has 0 aliphatic carbocycles. The summed E-state index contributed by atoms with van der Waals surface area (Å²) < 4.78 is 0. The summed E-state index contributed by atoms with van der Waals surface area (Å²) in [7, 11) is 0. The van der Waals surface area contributed by atoms with E-state index in [1.807, 2.05) is 0 Å². The Balaban J connectivity index is 2.23. The lowest BCUT2D eigenvalue weighted by Crippen LogP contribution is -2.33. The van der Waals surface area contributed by atoms with Gasteiger partial charge in [0.15, 0.2) is 6.04 Å². The van der Waals surface area contributed by atoms with Gasteiger partial charge in [0.05, 0.1) is 0 Å². The van der Waals surface area contributed by atoms with Crippen LogP contribution >= 0.6 is 22.9 Å². The van der Waals surface area contributed by atoms with Gasteiger partial charge in [-0.25, -0.2) is 4.79 Å². The first kappa shape index (κ1) is 14.4. The standard InChI is InChI=1S/C13H11ClN2O3S/c14-8-4-7(5-9(15)6-8)12(17)16-11(13(18)19)10-2-1-3-20-10/h1-6,11H,15H2,(H,16,17)(H,18,19). The molecule has 0 saturated heterocycles. The molecular weight excluding hydrogens is 300 g/mol. The fourth-order valence-corrected chi connectivity index (χ4v) is 2.68. The van der Waals surface area contributed by atoms with E-state index in [1.165, 1.54) is 29.5 Å². The zero-order valence-electron chi connectivity index (χ0n) is 10.2. The Morgan fingerprint density at radius 1 is 1.35 bits per heavy atom. The molecule has 0 radical (unpaired) electrons. The molecule has 0 aliphatic heterocycles. The van der Waals surface area contributed by atoms with Gasteiger partial charge in [-0.3, -0.25) is 4.79 Å². The molecule has 7 heteroatoms. The number of carboxylic acid groups (broad SMARTS) is 1. The highest BCUT2D eigenvalue weighted by molar-refractivity contribution is 7.10. The number of hydrogen-bond acceptors (Lipinski definition) is 4. The van der Waals surface area contributed by atoms with Crippen molar-refractivity contribution in [3.8, 4) is 0 Å². The molecule has 0 saturated carbocycles. The Kier molecular flexibility index (Phi) is 4.26. The minimum atomic E-state index is -1.13. The number of amides is 1. The maximum absolute atomic E-state index is 12.1. The Bertz CT molecular complexity index is 623. The van der Waals surface area contributed by atoms with Crippen molar-refractivity contribution in [2.75, 3.05) is 5.73 Å². The summed E-state index contributed by atoms with van der Waals surface area (Å²) in [6.07, 6.45) is 0. The number of hydrogen-bond donors (Lipinski definition) is 3. The van der Waals surface area contributed by atoms with Crippen LogP contribution in [0.5, 0.6) is 0 Å². The molecule has 1 aromatic carbocycles. The van der Waals surface area contributed by atoms with Gasteiger partial charge in [-0.05, 0) is 29.6 Å². The second-order valence-electron chi connectivity index (χ2n) is 4.03. The van der Waals surface area contributed by atoms with Gasteiger partial charge < -0.3 is 16.2 Å². The Morgan fingerprint density at radius 3 is 2.65 bits per heavy atom. The maximum atomic E-state index is 12.1. The minimum absolute atomic E-state index is 0.220. The number of halogens is 1. The normalized spacial score (nSPS) is 11.8. The van der Waals surface area contributed by atoms with Crippen LogP contribution in [0.1, 0.15) is 21.3 Å². The first-order valence-corrected chi connectivity index (χ1v) is 6.86. The van der Waals surface area contributed by atoms with E-state index in [-0.39, 0.29) is 5.56 Å². The predicted molar refractivity (Wildman–Crippen MR) is 78.0 cm³/mol. The number of nitrogens with one attached hydrogen (secondary N) is 1.